The molecule has 0 N–H and O–H groups in total. The second kappa shape index (κ2) is 5.55. The van der Waals surface area contributed by atoms with Crippen molar-refractivity contribution in [2.45, 2.75) is 25.9 Å². The maximum Gasteiger partial charge on any atom is 0.270 e. The predicted octanol–water partition coefficient (Wildman–Crippen LogP) is 3.38. The van der Waals surface area contributed by atoms with Gasteiger partial charge in [-0.05, 0) is 39.3 Å². The van der Waals surface area contributed by atoms with Crippen LogP contribution in [0.3, 0.4) is 0 Å². The van der Waals surface area contributed by atoms with Crippen molar-refractivity contribution < 1.29 is 9.66 Å². The molecular formula is C15H18N3O3. The molecule has 0 saturated heterocycles. The molecular weight excluding hydrogens is 270 g/mol. The van der Waals surface area contributed by atoms with Crippen LogP contribution in [0.25, 0.3) is 11.3 Å². The molecule has 6 nitrogen and oxygen atoms in total. The molecule has 2 aromatic rings. The van der Waals surface area contributed by atoms with Crippen LogP contribution in [-0.4, -0.2) is 20.3 Å². The van der Waals surface area contributed by atoms with Gasteiger partial charge >= 0.3 is 0 Å². The number of hydrogen-bond donors (Lipinski definition) is 0. The third kappa shape index (κ3) is 3.21. The summed E-state index contributed by atoms with van der Waals surface area (Å²) in [5.41, 5.74) is 0.967. The van der Waals surface area contributed by atoms with Crippen molar-refractivity contribution in [1.29, 1.82) is 0 Å². The smallest absolute Gasteiger partial charge is 0.270 e. The molecule has 0 amide bonds. The number of nitro benzene ring substituents is 1. The van der Waals surface area contributed by atoms with E-state index in [4.69, 9.17) is 4.74 Å². The molecule has 0 bridgehead atoms. The van der Waals surface area contributed by atoms with E-state index in [1.54, 1.807) is 30.1 Å². The number of benzene rings is 1. The molecule has 111 valence electrons. The lowest BCUT2D eigenvalue weighted by Gasteiger charge is -2.26. The summed E-state index contributed by atoms with van der Waals surface area (Å²) in [5, 5.41) is 15.1. The highest BCUT2D eigenvalue weighted by Gasteiger charge is 2.22. The number of aromatic nitrogens is 2. The molecule has 6 heteroatoms. The number of non-ortho nitro benzene ring substituents is 1. The molecule has 0 fully saturated rings. The van der Waals surface area contributed by atoms with Gasteiger partial charge in [0, 0.05) is 30.9 Å². The van der Waals surface area contributed by atoms with Crippen LogP contribution in [0.4, 0.5) is 5.69 Å². The van der Waals surface area contributed by atoms with E-state index in [0.717, 1.165) is 5.69 Å². The lowest BCUT2D eigenvalue weighted by Crippen LogP contribution is -2.27. The zero-order valence-electron chi connectivity index (χ0n) is 12.4. The van der Waals surface area contributed by atoms with Crippen molar-refractivity contribution in [3.8, 4) is 17.0 Å². The summed E-state index contributed by atoms with van der Waals surface area (Å²) in [7, 11) is 1.78. The maximum atomic E-state index is 11.0. The molecule has 2 rings (SSSR count). The van der Waals surface area contributed by atoms with Gasteiger partial charge in [-0.15, -0.1) is 0 Å². The fourth-order valence-electron chi connectivity index (χ4n) is 1.91. The Morgan fingerprint density at radius 1 is 1.43 bits per heavy atom. The average molecular weight is 288 g/mol. The molecule has 1 heterocycles. The third-order valence-electron chi connectivity index (χ3n) is 3.26. The molecule has 21 heavy (non-hydrogen) atoms. The summed E-state index contributed by atoms with van der Waals surface area (Å²) >= 11 is 0. The Morgan fingerprint density at radius 3 is 2.67 bits per heavy atom. The Hall–Kier alpha value is -2.37. The lowest BCUT2D eigenvalue weighted by molar-refractivity contribution is -0.384. The minimum atomic E-state index is -0.455. The molecule has 0 spiro atoms. The monoisotopic (exact) mass is 288 g/mol. The van der Waals surface area contributed by atoms with Gasteiger partial charge in [-0.25, -0.2) is 0 Å². The summed E-state index contributed by atoms with van der Waals surface area (Å²) in [4.78, 5) is 10.6. The van der Waals surface area contributed by atoms with E-state index in [2.05, 4.69) is 12.0 Å². The Labute approximate surface area is 123 Å². The van der Waals surface area contributed by atoms with Crippen molar-refractivity contribution >= 4 is 5.69 Å². The van der Waals surface area contributed by atoms with Crippen LogP contribution in [0.5, 0.6) is 5.75 Å². The fraction of sp³-hybridized carbons (Fsp3) is 0.333. The first-order valence-corrected chi connectivity index (χ1v) is 6.59. The van der Waals surface area contributed by atoms with Gasteiger partial charge in [-0.1, -0.05) is 0 Å². The van der Waals surface area contributed by atoms with Crippen LogP contribution in [-0.2, 0) is 7.05 Å². The van der Waals surface area contributed by atoms with Gasteiger partial charge in [0.25, 0.3) is 5.69 Å². The minimum absolute atomic E-state index is 0.0194. The van der Waals surface area contributed by atoms with Crippen LogP contribution < -0.4 is 4.74 Å². The van der Waals surface area contributed by atoms with Crippen LogP contribution in [0.15, 0.2) is 30.5 Å². The van der Waals surface area contributed by atoms with Gasteiger partial charge in [0.05, 0.1) is 10.6 Å². The van der Waals surface area contributed by atoms with Gasteiger partial charge < -0.3 is 4.74 Å². The van der Waals surface area contributed by atoms with Crippen molar-refractivity contribution in [1.82, 2.24) is 9.78 Å². The van der Waals surface area contributed by atoms with E-state index in [0.29, 0.717) is 17.7 Å². The summed E-state index contributed by atoms with van der Waals surface area (Å²) in [6.07, 6.45) is 2.22. The van der Waals surface area contributed by atoms with Gasteiger partial charge in [-0.2, -0.15) is 5.10 Å². The molecule has 0 saturated carbocycles. The summed E-state index contributed by atoms with van der Waals surface area (Å²) < 4.78 is 7.63. The summed E-state index contributed by atoms with van der Waals surface area (Å²) in [6.45, 7) is 7.71. The van der Waals surface area contributed by atoms with Crippen molar-refractivity contribution in [3.05, 3.63) is 47.5 Å². The number of aryl methyl sites for hydroxylation is 1. The topological polar surface area (TPSA) is 70.2 Å². The Kier molecular flexibility index (Phi) is 3.97. The van der Waals surface area contributed by atoms with Gasteiger partial charge in [0.1, 0.15) is 11.4 Å². The first kappa shape index (κ1) is 15.0. The number of nitrogens with zero attached hydrogens (tertiary/aromatic N) is 3. The van der Waals surface area contributed by atoms with Gasteiger partial charge in [0.2, 0.25) is 0 Å². The van der Waals surface area contributed by atoms with E-state index < -0.39 is 10.5 Å². The Morgan fingerprint density at radius 2 is 2.14 bits per heavy atom. The van der Waals surface area contributed by atoms with Crippen molar-refractivity contribution in [3.63, 3.8) is 0 Å². The maximum absolute atomic E-state index is 11.0. The van der Waals surface area contributed by atoms with E-state index in [-0.39, 0.29) is 5.69 Å². The van der Waals surface area contributed by atoms with E-state index >= 15 is 0 Å². The first-order chi connectivity index (χ1) is 9.84. The Bertz CT molecular complexity index is 662. The van der Waals surface area contributed by atoms with Crippen LogP contribution in [0.1, 0.15) is 20.3 Å². The molecule has 0 aliphatic carbocycles. The lowest BCUT2D eigenvalue weighted by atomic mass is 10.1. The number of nitro groups is 1. The largest absolute Gasteiger partial charge is 0.487 e. The molecule has 0 atom stereocenters. The predicted molar refractivity (Wildman–Crippen MR) is 80.0 cm³/mol. The molecule has 0 aliphatic rings. The highest BCUT2D eigenvalue weighted by atomic mass is 16.6. The molecule has 1 aromatic carbocycles. The van der Waals surface area contributed by atoms with Crippen LogP contribution in [0.2, 0.25) is 0 Å². The highest BCUT2D eigenvalue weighted by Crippen LogP contribution is 2.35. The van der Waals surface area contributed by atoms with E-state index in [1.165, 1.54) is 12.1 Å². The number of rotatable bonds is 5. The second-order valence-electron chi connectivity index (χ2n) is 5.39. The van der Waals surface area contributed by atoms with Gasteiger partial charge in [-0.3, -0.25) is 14.8 Å². The molecule has 1 radical (unpaired) electrons. The zero-order chi connectivity index (χ0) is 15.6. The molecule has 0 unspecified atom stereocenters. The van der Waals surface area contributed by atoms with Crippen molar-refractivity contribution in [2.24, 2.45) is 7.05 Å². The zero-order valence-corrected chi connectivity index (χ0v) is 12.4. The normalized spacial score (nSPS) is 11.4. The molecule has 0 aliphatic heterocycles. The summed E-state index contributed by atoms with van der Waals surface area (Å²) in [6, 6.07) is 6.36. The van der Waals surface area contributed by atoms with E-state index in [9.17, 15) is 10.1 Å². The Balaban J connectivity index is 2.55. The second-order valence-corrected chi connectivity index (χ2v) is 5.39. The van der Waals surface area contributed by atoms with Gasteiger partial charge in [0.15, 0.2) is 0 Å². The fourth-order valence-corrected chi connectivity index (χ4v) is 1.91. The van der Waals surface area contributed by atoms with Crippen LogP contribution in [0, 0.1) is 17.0 Å². The highest BCUT2D eigenvalue weighted by molar-refractivity contribution is 5.70. The SMILES string of the molecule is [CH2]CC(C)(C)Oc1ccc([N+](=O)[O-])cc1-c1ccnn1C. The average Bonchev–Trinajstić information content (AvgIpc) is 2.85. The van der Waals surface area contributed by atoms with Crippen molar-refractivity contribution in [2.75, 3.05) is 0 Å². The van der Waals surface area contributed by atoms with E-state index in [1.807, 2.05) is 13.8 Å². The standard InChI is InChI=1S/C15H18N3O3/c1-5-15(2,3)21-14-7-6-11(18(19)20)10-12(14)13-8-9-16-17(13)4/h6-10H,1,5H2,2-4H3. The number of hydrogen-bond acceptors (Lipinski definition) is 4. The number of ether oxygens (including phenoxy) is 1. The minimum Gasteiger partial charge on any atom is -0.487 e. The first-order valence-electron chi connectivity index (χ1n) is 6.59. The summed E-state index contributed by atoms with van der Waals surface area (Å²) in [5.74, 6) is 0.581. The third-order valence-corrected chi connectivity index (χ3v) is 3.26. The van der Waals surface area contributed by atoms with Crippen LogP contribution >= 0.6 is 0 Å². The quantitative estimate of drug-likeness (QED) is 0.624. The molecule has 1 aromatic heterocycles.